The number of carboxylic acids is 1. The molecule has 2 fully saturated rings. The molecular weight excluding hydrogens is 917 g/mol. The maximum Gasteiger partial charge on any atom is 0.352 e. The molecule has 0 unspecified atom stereocenters. The molecule has 2 aliphatic rings. The van der Waals surface area contributed by atoms with Crippen molar-refractivity contribution in [2.45, 2.75) is 107 Å². The van der Waals surface area contributed by atoms with Gasteiger partial charge in [-0.05, 0) is 54.5 Å². The topological polar surface area (TPSA) is 358 Å². The number of carboxylic acid groups (broad SMARTS) is 1. The maximum atomic E-state index is 13.7. The minimum Gasteiger partial charge on any atom is -0.497 e. The molecule has 23 nitrogen and oxygen atoms in total. The monoisotopic (exact) mass is 978 g/mol. The van der Waals surface area contributed by atoms with Crippen LogP contribution in [-0.4, -0.2) is 170 Å². The number of aliphatic hydroxyl groups is 5. The van der Waals surface area contributed by atoms with Crippen LogP contribution >= 0.6 is 0 Å². The minimum absolute atomic E-state index is 0.133. The number of rotatable bonds is 13. The Morgan fingerprint density at radius 1 is 0.886 bits per heavy atom. The fourth-order valence-corrected chi connectivity index (χ4v) is 8.26. The number of benzene rings is 2. The van der Waals surface area contributed by atoms with Crippen molar-refractivity contribution in [2.75, 3.05) is 33.8 Å². The first-order chi connectivity index (χ1) is 33.2. The third kappa shape index (κ3) is 14.6. The molecule has 7 amide bonds. The Hall–Kier alpha value is -6.92. The van der Waals surface area contributed by atoms with Crippen LogP contribution in [0.2, 0.25) is 0 Å². The summed E-state index contributed by atoms with van der Waals surface area (Å²) < 4.78 is 5.18. The standard InChI is InChI=1S/C47H62N8O15/c1-25(10-6-4-5-7-11-26-14-16-28(70-3)17-15-26)41(62)42(63)40-43(64)45(66)52-33-20-35(58)54-47(33,69)21-38(61)55(2)24-37(60)50-32(19-30-29-12-8-9-13-31(29)51-39(30)46(67)68)44(65)49-23-36(59)48-22-27(56)18-34(57)53-40/h7-9,11-17,25,27,32-33,40-43,51,56,62-64,69H,4-6,10,18-24H2,1-3H3,(H,48,59)(H,49,65)(H,50,60)(H,52,66)(H,53,57)(H,54,58)(H,67,68)/b11-7+/t25-,27+,32+,33-,40+,41-,42-,43-,47-/m0/s1. The second-order valence-corrected chi connectivity index (χ2v) is 17.7. The number of aromatic nitrogens is 1. The van der Waals surface area contributed by atoms with Gasteiger partial charge in [0.05, 0.1) is 63.8 Å². The number of carbonyl (C=O) groups excluding carboxylic acids is 7. The van der Waals surface area contributed by atoms with Gasteiger partial charge in [-0.15, -0.1) is 0 Å². The first kappa shape index (κ1) is 54.0. The van der Waals surface area contributed by atoms with Crippen molar-refractivity contribution in [3.63, 3.8) is 0 Å². The maximum absolute atomic E-state index is 13.7. The zero-order valence-electron chi connectivity index (χ0n) is 39.0. The first-order valence-electron chi connectivity index (χ1n) is 22.8. The number of allylic oxidation sites excluding steroid dienone is 1. The number of β-amino-alcohol motifs (C(OH)–C–C–N with tert-alkyl or cyclic N) is 1. The van der Waals surface area contributed by atoms with Gasteiger partial charge in [-0.1, -0.05) is 55.8 Å². The first-order valence-corrected chi connectivity index (χ1v) is 22.8. The second kappa shape index (κ2) is 24.6. The van der Waals surface area contributed by atoms with Gasteiger partial charge in [0.15, 0.2) is 11.8 Å². The molecule has 23 heteroatoms. The Morgan fingerprint density at radius 3 is 2.30 bits per heavy atom. The molecule has 70 heavy (non-hydrogen) atoms. The zero-order chi connectivity index (χ0) is 51.3. The molecule has 2 aromatic carbocycles. The highest BCUT2D eigenvalue weighted by atomic mass is 16.5. The highest BCUT2D eigenvalue weighted by molar-refractivity contribution is 5.99. The van der Waals surface area contributed by atoms with Gasteiger partial charge in [0.1, 0.15) is 23.6 Å². The summed E-state index contributed by atoms with van der Waals surface area (Å²) in [6.45, 7) is -0.413. The molecule has 5 rings (SSSR count). The number of unbranched alkanes of at least 4 members (excludes halogenated alkanes) is 2. The molecule has 9 atom stereocenters. The van der Waals surface area contributed by atoms with Gasteiger partial charge >= 0.3 is 5.97 Å². The van der Waals surface area contributed by atoms with Gasteiger partial charge in [0.2, 0.25) is 35.4 Å². The number of aromatic carboxylic acids is 1. The largest absolute Gasteiger partial charge is 0.497 e. The summed E-state index contributed by atoms with van der Waals surface area (Å²) in [5.41, 5.74) is -1.26. The van der Waals surface area contributed by atoms with Crippen molar-refractivity contribution in [1.82, 2.24) is 41.8 Å². The summed E-state index contributed by atoms with van der Waals surface area (Å²) in [7, 11) is 2.74. The SMILES string of the molecule is COc1ccc(/C=C/CCCC[C@H](C)[C@H](O)[C@@H](O)[C@H]2NC(=O)C[C@@H](O)CNC(=O)CNC(=O)[C@@H](Cc3c(C(=O)O)[nH]c4ccccc34)NC(=O)CN(C)C(=O)C[C@@]3(O)NC(=O)C[C@@H]3NC(=O)[C@H]2O)cc1. The van der Waals surface area contributed by atoms with Crippen molar-refractivity contribution < 1.29 is 73.7 Å². The molecule has 0 bridgehead atoms. The number of likely N-dealkylation sites (N-methyl/N-ethyl adjacent to an activating group) is 1. The fraction of sp³-hybridized carbons (Fsp3) is 0.489. The van der Waals surface area contributed by atoms with E-state index < -0.39 is 147 Å². The Morgan fingerprint density at radius 2 is 1.60 bits per heavy atom. The molecule has 0 spiro atoms. The van der Waals surface area contributed by atoms with Crippen LogP contribution in [0.25, 0.3) is 17.0 Å². The summed E-state index contributed by atoms with van der Waals surface area (Å²) in [5.74, 6) is -8.20. The molecule has 0 saturated carbocycles. The normalized spacial score (nSPS) is 25.2. The average Bonchev–Trinajstić information content (AvgIpc) is 3.83. The van der Waals surface area contributed by atoms with Crippen LogP contribution in [-0.2, 0) is 40.0 Å². The van der Waals surface area contributed by atoms with Crippen LogP contribution in [0.3, 0.4) is 0 Å². The lowest BCUT2D eigenvalue weighted by atomic mass is 9.88. The van der Waals surface area contributed by atoms with Crippen LogP contribution in [0.5, 0.6) is 5.75 Å². The number of aromatic amines is 1. The minimum atomic E-state index is -2.51. The van der Waals surface area contributed by atoms with Crippen molar-refractivity contribution >= 4 is 64.3 Å². The number of amides is 7. The van der Waals surface area contributed by atoms with Gasteiger partial charge in [-0.2, -0.15) is 0 Å². The number of nitrogens with one attached hydrogen (secondary N) is 7. The van der Waals surface area contributed by atoms with E-state index in [1.807, 2.05) is 36.4 Å². The number of aliphatic hydroxyl groups excluding tert-OH is 4. The summed E-state index contributed by atoms with van der Waals surface area (Å²) in [4.78, 5) is 109. The van der Waals surface area contributed by atoms with Crippen LogP contribution in [0.15, 0.2) is 54.6 Å². The lowest BCUT2D eigenvalue weighted by Crippen LogP contribution is -2.63. The van der Waals surface area contributed by atoms with Crippen molar-refractivity contribution in [3.8, 4) is 5.75 Å². The number of para-hydroxylation sites is 1. The fourth-order valence-electron chi connectivity index (χ4n) is 8.26. The van der Waals surface area contributed by atoms with E-state index in [0.29, 0.717) is 36.6 Å². The molecular formula is C47H62N8O15. The smallest absolute Gasteiger partial charge is 0.352 e. The number of methoxy groups -OCH3 is 1. The molecule has 3 heterocycles. The van der Waals surface area contributed by atoms with Crippen LogP contribution in [0.1, 0.15) is 73.5 Å². The molecule has 380 valence electrons. The molecule has 2 saturated heterocycles. The number of ether oxygens (including phenoxy) is 1. The summed E-state index contributed by atoms with van der Waals surface area (Å²) in [5, 5.41) is 80.8. The van der Waals surface area contributed by atoms with Gasteiger partial charge in [-0.25, -0.2) is 4.79 Å². The van der Waals surface area contributed by atoms with E-state index in [1.165, 1.54) is 7.05 Å². The van der Waals surface area contributed by atoms with Crippen molar-refractivity contribution in [2.24, 2.45) is 5.92 Å². The highest BCUT2D eigenvalue weighted by Crippen LogP contribution is 2.26. The van der Waals surface area contributed by atoms with E-state index in [2.05, 4.69) is 36.9 Å². The number of hydrogen-bond acceptors (Lipinski definition) is 14. The van der Waals surface area contributed by atoms with Crippen molar-refractivity contribution in [1.29, 1.82) is 0 Å². The lowest BCUT2D eigenvalue weighted by molar-refractivity contribution is -0.145. The summed E-state index contributed by atoms with van der Waals surface area (Å²) in [6, 6.07) is 8.87. The molecule has 2 aliphatic heterocycles. The van der Waals surface area contributed by atoms with E-state index in [-0.39, 0.29) is 11.3 Å². The predicted molar refractivity (Wildman–Crippen MR) is 249 cm³/mol. The molecule has 0 radical (unpaired) electrons. The predicted octanol–water partition coefficient (Wildman–Crippen LogP) is -2.08. The van der Waals surface area contributed by atoms with Crippen LogP contribution < -0.4 is 36.6 Å². The van der Waals surface area contributed by atoms with E-state index in [4.69, 9.17) is 4.74 Å². The molecule has 3 aromatic rings. The average molecular weight is 979 g/mol. The molecule has 1 aromatic heterocycles. The van der Waals surface area contributed by atoms with Gasteiger partial charge in [0.25, 0.3) is 5.91 Å². The van der Waals surface area contributed by atoms with E-state index in [9.17, 15) is 69.0 Å². The Bertz CT molecular complexity index is 2410. The number of carbonyl (C=O) groups is 8. The van der Waals surface area contributed by atoms with E-state index >= 15 is 0 Å². The molecule has 0 aliphatic carbocycles. The number of fused-ring (bicyclic) bond motifs is 2. The number of nitrogens with zero attached hydrogens (tertiary/aromatic N) is 1. The van der Waals surface area contributed by atoms with E-state index in [1.54, 1.807) is 38.3 Å². The third-order valence-corrected chi connectivity index (χ3v) is 12.3. The van der Waals surface area contributed by atoms with Crippen LogP contribution in [0, 0.1) is 5.92 Å². The highest BCUT2D eigenvalue weighted by Gasteiger charge is 2.49. The lowest BCUT2D eigenvalue weighted by Gasteiger charge is -2.35. The quantitative estimate of drug-likeness (QED) is 0.0818. The number of H-pyrrole nitrogens is 1. The zero-order valence-corrected chi connectivity index (χ0v) is 39.0. The summed E-state index contributed by atoms with van der Waals surface area (Å²) in [6.07, 6.45) is -4.06. The van der Waals surface area contributed by atoms with Gasteiger partial charge in [-0.3, -0.25) is 33.6 Å². The van der Waals surface area contributed by atoms with Gasteiger partial charge < -0.3 is 77.2 Å². The third-order valence-electron chi connectivity index (χ3n) is 12.3. The second-order valence-electron chi connectivity index (χ2n) is 17.7. The summed E-state index contributed by atoms with van der Waals surface area (Å²) >= 11 is 0. The van der Waals surface area contributed by atoms with E-state index in [0.717, 1.165) is 16.2 Å². The molecule has 13 N–H and O–H groups in total. The van der Waals surface area contributed by atoms with Gasteiger partial charge in [0, 0.05) is 30.9 Å². The Labute approximate surface area is 402 Å². The van der Waals surface area contributed by atoms with Crippen LogP contribution in [0.4, 0.5) is 0 Å². The Balaban J connectivity index is 1.33. The Kier molecular flexibility index (Phi) is 19.0. The van der Waals surface area contributed by atoms with Crippen molar-refractivity contribution in [3.05, 3.63) is 71.4 Å². The number of hydrogen-bond donors (Lipinski definition) is 13.